The van der Waals surface area contributed by atoms with Crippen molar-refractivity contribution in [2.45, 2.75) is 103 Å². The van der Waals surface area contributed by atoms with Gasteiger partial charge in [-0.2, -0.15) is 0 Å². The van der Waals surface area contributed by atoms with Crippen molar-refractivity contribution in [3.05, 3.63) is 57.6 Å². The number of phenols is 2. The third-order valence-electron chi connectivity index (χ3n) is 8.73. The maximum Gasteiger partial charge on any atom is 0.127 e. The maximum atomic E-state index is 10.7. The highest BCUT2D eigenvalue weighted by atomic mass is 16.3. The van der Waals surface area contributed by atoms with Crippen LogP contribution < -0.4 is 0 Å². The summed E-state index contributed by atoms with van der Waals surface area (Å²) in [5.41, 5.74) is 5.69. The van der Waals surface area contributed by atoms with Crippen molar-refractivity contribution >= 4 is 12.4 Å². The molecule has 2 aromatic carbocycles. The Labute approximate surface area is 211 Å². The van der Waals surface area contributed by atoms with E-state index in [1.807, 2.05) is 26.3 Å². The van der Waals surface area contributed by atoms with Gasteiger partial charge in [0.05, 0.1) is 11.6 Å². The topological polar surface area (TPSA) is 65.2 Å². The fourth-order valence-corrected chi connectivity index (χ4v) is 5.88. The summed E-state index contributed by atoms with van der Waals surface area (Å²) < 4.78 is 0. The van der Waals surface area contributed by atoms with Gasteiger partial charge < -0.3 is 10.2 Å². The number of benzene rings is 2. The molecule has 0 radical (unpaired) electrons. The second-order valence-electron chi connectivity index (χ2n) is 11.2. The molecule has 0 aliphatic heterocycles. The van der Waals surface area contributed by atoms with E-state index in [1.165, 1.54) is 17.5 Å². The van der Waals surface area contributed by atoms with Crippen molar-refractivity contribution < 1.29 is 10.2 Å². The monoisotopic (exact) mass is 474 g/mol. The fraction of sp³-hybridized carbons (Fsp3) is 0.548. The van der Waals surface area contributed by atoms with Crippen LogP contribution in [0.15, 0.2) is 34.3 Å². The minimum Gasteiger partial charge on any atom is -0.507 e. The van der Waals surface area contributed by atoms with Crippen LogP contribution in [0.4, 0.5) is 0 Å². The van der Waals surface area contributed by atoms with Gasteiger partial charge in [0.25, 0.3) is 0 Å². The van der Waals surface area contributed by atoms with E-state index >= 15 is 0 Å². The first kappa shape index (κ1) is 25.5. The summed E-state index contributed by atoms with van der Waals surface area (Å²) in [5, 5.41) is 21.4. The average Bonchev–Trinajstić information content (AvgIpc) is 3.43. The van der Waals surface area contributed by atoms with Crippen molar-refractivity contribution in [1.82, 2.24) is 0 Å². The molecule has 2 bridgehead atoms. The van der Waals surface area contributed by atoms with E-state index in [2.05, 4.69) is 52.0 Å². The van der Waals surface area contributed by atoms with E-state index < -0.39 is 0 Å². The lowest BCUT2D eigenvalue weighted by atomic mass is 9.89. The Balaban J connectivity index is 1.63. The van der Waals surface area contributed by atoms with Crippen LogP contribution in [0, 0.1) is 19.8 Å². The molecule has 4 nitrogen and oxygen atoms in total. The number of phenolic OH excluding ortho intramolecular Hbond substituents is 2. The molecule has 5 unspecified atom stereocenters. The van der Waals surface area contributed by atoms with Crippen LogP contribution in [0.1, 0.15) is 111 Å². The van der Waals surface area contributed by atoms with Crippen molar-refractivity contribution in [2.24, 2.45) is 15.9 Å². The summed E-state index contributed by atoms with van der Waals surface area (Å²) in [6.45, 7) is 12.8. The number of aryl methyl sites for hydroxylation is 2. The van der Waals surface area contributed by atoms with Crippen molar-refractivity contribution in [1.29, 1.82) is 0 Å². The molecule has 0 heterocycles. The summed E-state index contributed by atoms with van der Waals surface area (Å²) in [7, 11) is 0. The Bertz CT molecular complexity index is 1140. The van der Waals surface area contributed by atoms with Gasteiger partial charge in [-0.25, -0.2) is 0 Å². The summed E-state index contributed by atoms with van der Waals surface area (Å²) >= 11 is 0. The molecule has 0 saturated heterocycles. The van der Waals surface area contributed by atoms with Crippen LogP contribution in [0.2, 0.25) is 0 Å². The van der Waals surface area contributed by atoms with Gasteiger partial charge in [0.1, 0.15) is 11.5 Å². The van der Waals surface area contributed by atoms with E-state index in [0.717, 1.165) is 54.4 Å². The Morgan fingerprint density at radius 2 is 1.46 bits per heavy atom. The first-order valence-corrected chi connectivity index (χ1v) is 13.4. The molecule has 4 heteroatoms. The van der Waals surface area contributed by atoms with Crippen LogP contribution in [-0.2, 0) is 0 Å². The Morgan fingerprint density at radius 1 is 0.914 bits per heavy atom. The van der Waals surface area contributed by atoms with E-state index in [4.69, 9.17) is 9.98 Å². The molecule has 2 saturated carbocycles. The van der Waals surface area contributed by atoms with Crippen molar-refractivity contribution in [3.8, 4) is 11.5 Å². The zero-order valence-electron chi connectivity index (χ0n) is 22.3. The molecule has 188 valence electrons. The maximum absolute atomic E-state index is 10.7. The molecule has 0 spiro atoms. The highest BCUT2D eigenvalue weighted by molar-refractivity contribution is 5.86. The molecular weight excluding hydrogens is 432 g/mol. The quantitative estimate of drug-likeness (QED) is 0.387. The van der Waals surface area contributed by atoms with Crippen LogP contribution in [0.5, 0.6) is 11.5 Å². The van der Waals surface area contributed by atoms with Crippen LogP contribution in [-0.4, -0.2) is 34.2 Å². The third kappa shape index (κ3) is 5.03. The molecule has 35 heavy (non-hydrogen) atoms. The van der Waals surface area contributed by atoms with E-state index in [1.54, 1.807) is 0 Å². The molecule has 0 amide bonds. The van der Waals surface area contributed by atoms with Gasteiger partial charge in [0, 0.05) is 23.6 Å². The highest BCUT2D eigenvalue weighted by Crippen LogP contribution is 2.51. The number of nitrogens with zero attached hydrogens (tertiary/aromatic N) is 2. The van der Waals surface area contributed by atoms with Gasteiger partial charge in [-0.1, -0.05) is 39.8 Å². The Kier molecular flexibility index (Phi) is 7.40. The summed E-state index contributed by atoms with van der Waals surface area (Å²) in [6, 6.07) is 8.47. The Hall–Kier alpha value is -2.62. The van der Waals surface area contributed by atoms with Crippen LogP contribution >= 0.6 is 0 Å². The summed E-state index contributed by atoms with van der Waals surface area (Å²) in [6.07, 6.45) is 10.2. The molecule has 5 atom stereocenters. The fourth-order valence-electron chi connectivity index (χ4n) is 5.88. The minimum absolute atomic E-state index is 0.102. The number of aliphatic imine (C=N–C) groups is 2. The van der Waals surface area contributed by atoms with Gasteiger partial charge in [-0.15, -0.1) is 0 Å². The number of aromatic hydroxyl groups is 2. The molecule has 2 aliphatic carbocycles. The standard InChI is InChI=1S/C31H42N2O2/c1-7-19(3)24-11-21(5)29(34)26(14-24)17-32-28-13-23-9-10-31(28,16-23)33-18-27-15-25(20(4)8-2)12-22(6)30(27)35/h11-12,14-15,17-20,23,28,34-35H,7-10,13,16H2,1-6H3. The number of hydrogen-bond donors (Lipinski definition) is 2. The predicted molar refractivity (Wildman–Crippen MR) is 147 cm³/mol. The number of hydrogen-bond acceptors (Lipinski definition) is 4. The van der Waals surface area contributed by atoms with Gasteiger partial charge in [0.15, 0.2) is 0 Å². The zero-order chi connectivity index (χ0) is 25.3. The largest absolute Gasteiger partial charge is 0.507 e. The first-order chi connectivity index (χ1) is 16.7. The normalized spacial score (nSPS) is 25.7. The van der Waals surface area contributed by atoms with E-state index in [0.29, 0.717) is 29.3 Å². The third-order valence-corrected chi connectivity index (χ3v) is 8.73. The SMILES string of the molecule is CCC(C)c1cc(C)c(O)c(C=NC2CC3CCC2(N=Cc2cc(C(C)CC)cc(C)c2O)C3)c1. The van der Waals surface area contributed by atoms with E-state index in [-0.39, 0.29) is 11.6 Å². The smallest absolute Gasteiger partial charge is 0.127 e. The van der Waals surface area contributed by atoms with Gasteiger partial charge >= 0.3 is 0 Å². The Morgan fingerprint density at radius 3 is 1.97 bits per heavy atom. The number of rotatable bonds is 8. The van der Waals surface area contributed by atoms with Crippen molar-refractivity contribution in [3.63, 3.8) is 0 Å². The molecular formula is C31H42N2O2. The lowest BCUT2D eigenvalue weighted by Crippen LogP contribution is -2.34. The molecule has 2 aromatic rings. The second kappa shape index (κ2) is 10.2. The van der Waals surface area contributed by atoms with E-state index in [9.17, 15) is 10.2 Å². The predicted octanol–water partition coefficient (Wildman–Crippen LogP) is 7.59. The molecule has 4 rings (SSSR count). The molecule has 2 aliphatic rings. The van der Waals surface area contributed by atoms with Gasteiger partial charge in [0.2, 0.25) is 0 Å². The lowest BCUT2D eigenvalue weighted by molar-refractivity contribution is 0.367. The molecule has 0 aromatic heterocycles. The summed E-state index contributed by atoms with van der Waals surface area (Å²) in [4.78, 5) is 10.2. The summed E-state index contributed by atoms with van der Waals surface area (Å²) in [5.74, 6) is 2.19. The molecule has 2 fully saturated rings. The van der Waals surface area contributed by atoms with Gasteiger partial charge in [-0.05, 0) is 105 Å². The van der Waals surface area contributed by atoms with Crippen molar-refractivity contribution in [2.75, 3.05) is 0 Å². The number of fused-ring (bicyclic) bond motifs is 2. The highest BCUT2D eigenvalue weighted by Gasteiger charge is 2.52. The van der Waals surface area contributed by atoms with Crippen LogP contribution in [0.25, 0.3) is 0 Å². The van der Waals surface area contributed by atoms with Crippen LogP contribution in [0.3, 0.4) is 0 Å². The molecule has 2 N–H and O–H groups in total. The second-order valence-corrected chi connectivity index (χ2v) is 11.2. The average molecular weight is 475 g/mol. The minimum atomic E-state index is -0.215. The zero-order valence-corrected chi connectivity index (χ0v) is 22.3. The van der Waals surface area contributed by atoms with Gasteiger partial charge in [-0.3, -0.25) is 9.98 Å². The lowest BCUT2D eigenvalue weighted by Gasteiger charge is -2.28. The first-order valence-electron chi connectivity index (χ1n) is 13.4.